The number of hydrogen-bond donors (Lipinski definition) is 2. The third-order valence-corrected chi connectivity index (χ3v) is 3.81. The highest BCUT2D eigenvalue weighted by Crippen LogP contribution is 2.15. The Morgan fingerprint density at radius 3 is 2.63 bits per heavy atom. The van der Waals surface area contributed by atoms with Gasteiger partial charge < -0.3 is 11.1 Å². The molecule has 0 heterocycles. The highest BCUT2D eigenvalue weighted by atomic mass is 79.9. The van der Waals surface area contributed by atoms with E-state index < -0.39 is 6.04 Å². The van der Waals surface area contributed by atoms with E-state index >= 15 is 0 Å². The maximum atomic E-state index is 11.8. The Bertz CT molecular complexity index is 426. The number of halogens is 2. The number of hydrogen-bond acceptors (Lipinski definition) is 2. The van der Waals surface area contributed by atoms with Crippen LogP contribution < -0.4 is 11.1 Å². The van der Waals surface area contributed by atoms with Crippen molar-refractivity contribution in [3.05, 3.63) is 33.8 Å². The summed E-state index contributed by atoms with van der Waals surface area (Å²) in [5.41, 5.74) is 8.15. The van der Waals surface area contributed by atoms with Crippen LogP contribution in [0, 0.1) is 12.8 Å². The molecule has 5 heteroatoms. The van der Waals surface area contributed by atoms with Crippen molar-refractivity contribution in [2.24, 2.45) is 11.7 Å². The molecule has 3 N–H and O–H groups in total. The molecule has 1 aromatic carbocycles. The second-order valence-electron chi connectivity index (χ2n) is 4.70. The Morgan fingerprint density at radius 2 is 2.11 bits per heavy atom. The smallest absolute Gasteiger partial charge is 0.237 e. The molecule has 0 aromatic heterocycles. The lowest BCUT2D eigenvalue weighted by Crippen LogP contribution is -2.44. The average Bonchev–Trinajstić information content (AvgIpc) is 2.35. The van der Waals surface area contributed by atoms with Gasteiger partial charge in [0.25, 0.3) is 0 Å². The van der Waals surface area contributed by atoms with E-state index in [0.717, 1.165) is 22.0 Å². The van der Waals surface area contributed by atoms with Gasteiger partial charge in [-0.1, -0.05) is 42.3 Å². The summed E-state index contributed by atoms with van der Waals surface area (Å²) in [5, 5.41) is 2.89. The van der Waals surface area contributed by atoms with Crippen LogP contribution in [0.25, 0.3) is 0 Å². The molecule has 1 rings (SSSR count). The third-order valence-electron chi connectivity index (χ3n) is 3.32. The quantitative estimate of drug-likeness (QED) is 0.858. The van der Waals surface area contributed by atoms with Crippen molar-refractivity contribution >= 4 is 34.2 Å². The summed E-state index contributed by atoms with van der Waals surface area (Å²) in [6, 6.07) is 5.60. The highest BCUT2D eigenvalue weighted by molar-refractivity contribution is 9.10. The first-order valence-corrected chi connectivity index (χ1v) is 7.03. The molecule has 1 aromatic rings. The summed E-state index contributed by atoms with van der Waals surface area (Å²) in [5.74, 6) is 0.127. The van der Waals surface area contributed by atoms with Gasteiger partial charge in [-0.3, -0.25) is 4.79 Å². The van der Waals surface area contributed by atoms with E-state index in [-0.39, 0.29) is 24.2 Å². The van der Waals surface area contributed by atoms with Crippen molar-refractivity contribution in [2.45, 2.75) is 39.8 Å². The maximum absolute atomic E-state index is 11.8. The second kappa shape index (κ2) is 8.56. The number of benzene rings is 1. The zero-order valence-electron chi connectivity index (χ0n) is 11.6. The molecule has 0 aliphatic heterocycles. The Hall–Kier alpha value is -0.580. The Balaban J connectivity index is 0.00000324. The number of rotatable bonds is 5. The van der Waals surface area contributed by atoms with Crippen LogP contribution in [0.15, 0.2) is 22.7 Å². The van der Waals surface area contributed by atoms with Gasteiger partial charge in [0.05, 0.1) is 6.04 Å². The van der Waals surface area contributed by atoms with Crippen LogP contribution in [0.2, 0.25) is 0 Å². The lowest BCUT2D eigenvalue weighted by Gasteiger charge is -2.18. The summed E-state index contributed by atoms with van der Waals surface area (Å²) < 4.78 is 1.05. The molecule has 0 fully saturated rings. The van der Waals surface area contributed by atoms with E-state index in [1.54, 1.807) is 0 Å². The van der Waals surface area contributed by atoms with Crippen LogP contribution in [0.3, 0.4) is 0 Å². The Labute approximate surface area is 129 Å². The van der Waals surface area contributed by atoms with Crippen molar-refractivity contribution in [3.8, 4) is 0 Å². The maximum Gasteiger partial charge on any atom is 0.237 e. The zero-order valence-corrected chi connectivity index (χ0v) is 14.0. The molecule has 2 atom stereocenters. The van der Waals surface area contributed by atoms with Crippen molar-refractivity contribution in [1.29, 1.82) is 0 Å². The fraction of sp³-hybridized carbons (Fsp3) is 0.500. The molecule has 0 aliphatic rings. The summed E-state index contributed by atoms with van der Waals surface area (Å²) in [6.07, 6.45) is 0.909. The first kappa shape index (κ1) is 18.4. The zero-order chi connectivity index (χ0) is 13.7. The monoisotopic (exact) mass is 348 g/mol. The number of amides is 1. The predicted octanol–water partition coefficient (Wildman–Crippen LogP) is 3.17. The minimum Gasteiger partial charge on any atom is -0.351 e. The molecule has 0 saturated heterocycles. The van der Waals surface area contributed by atoms with E-state index in [9.17, 15) is 4.79 Å². The summed E-state index contributed by atoms with van der Waals surface area (Å²) in [4.78, 5) is 11.8. The third kappa shape index (κ3) is 5.51. The van der Waals surface area contributed by atoms with E-state index in [1.165, 1.54) is 0 Å². The van der Waals surface area contributed by atoms with Crippen LogP contribution in [-0.4, -0.2) is 11.9 Å². The summed E-state index contributed by atoms with van der Waals surface area (Å²) in [6.45, 7) is 6.59. The van der Waals surface area contributed by atoms with Gasteiger partial charge in [0.15, 0.2) is 0 Å². The molecule has 19 heavy (non-hydrogen) atoms. The fourth-order valence-electron chi connectivity index (χ4n) is 1.67. The number of carbonyl (C=O) groups is 1. The summed E-state index contributed by atoms with van der Waals surface area (Å²) in [7, 11) is 0. The molecular formula is C14H22BrClN2O. The van der Waals surface area contributed by atoms with Gasteiger partial charge in [-0.05, 0) is 36.1 Å². The molecule has 3 nitrogen and oxygen atoms in total. The van der Waals surface area contributed by atoms with Crippen LogP contribution in [0.1, 0.15) is 31.4 Å². The van der Waals surface area contributed by atoms with Crippen molar-refractivity contribution < 1.29 is 4.79 Å². The normalized spacial score (nSPS) is 13.3. The van der Waals surface area contributed by atoms with E-state index in [0.29, 0.717) is 6.54 Å². The van der Waals surface area contributed by atoms with Crippen LogP contribution in [-0.2, 0) is 11.3 Å². The molecule has 1 amide bonds. The van der Waals surface area contributed by atoms with Crippen LogP contribution in [0.4, 0.5) is 0 Å². The molecule has 2 unspecified atom stereocenters. The Morgan fingerprint density at radius 1 is 1.47 bits per heavy atom. The first-order valence-electron chi connectivity index (χ1n) is 6.24. The highest BCUT2D eigenvalue weighted by Gasteiger charge is 2.18. The molecule has 0 spiro atoms. The number of nitrogens with one attached hydrogen (secondary N) is 1. The van der Waals surface area contributed by atoms with Gasteiger partial charge in [-0.25, -0.2) is 0 Å². The number of nitrogens with two attached hydrogens (primary N) is 1. The number of aryl methyl sites for hydroxylation is 1. The van der Waals surface area contributed by atoms with E-state index in [1.807, 2.05) is 39.0 Å². The Kier molecular flexibility index (Phi) is 8.30. The molecule has 108 valence electrons. The van der Waals surface area contributed by atoms with Gasteiger partial charge in [-0.2, -0.15) is 0 Å². The molecule has 0 saturated carbocycles. The predicted molar refractivity (Wildman–Crippen MR) is 85.4 cm³/mol. The van der Waals surface area contributed by atoms with Crippen molar-refractivity contribution in [2.75, 3.05) is 0 Å². The lowest BCUT2D eigenvalue weighted by molar-refractivity contribution is -0.123. The van der Waals surface area contributed by atoms with Gasteiger partial charge in [0.2, 0.25) is 5.91 Å². The van der Waals surface area contributed by atoms with E-state index in [4.69, 9.17) is 5.73 Å². The summed E-state index contributed by atoms with van der Waals surface area (Å²) >= 11 is 3.42. The van der Waals surface area contributed by atoms with Gasteiger partial charge in [0.1, 0.15) is 0 Å². The molecule has 0 aliphatic carbocycles. The van der Waals surface area contributed by atoms with E-state index in [2.05, 4.69) is 21.2 Å². The minimum absolute atomic E-state index is 0. The second-order valence-corrected chi connectivity index (χ2v) is 5.62. The van der Waals surface area contributed by atoms with Gasteiger partial charge >= 0.3 is 0 Å². The minimum atomic E-state index is -0.425. The largest absolute Gasteiger partial charge is 0.351 e. The first-order chi connectivity index (χ1) is 8.45. The standard InChI is InChI=1S/C14H21BrN2O.ClH/c1-4-9(2)13(16)14(18)17-8-11-5-6-12(15)7-10(11)3;/h5-7,9,13H,4,8,16H2,1-3H3,(H,17,18);1H. The van der Waals surface area contributed by atoms with Crippen LogP contribution in [0.5, 0.6) is 0 Å². The fourth-order valence-corrected chi connectivity index (χ4v) is 2.15. The van der Waals surface area contributed by atoms with Gasteiger partial charge in [0, 0.05) is 11.0 Å². The van der Waals surface area contributed by atoms with Crippen molar-refractivity contribution in [1.82, 2.24) is 5.32 Å². The average molecular weight is 350 g/mol. The topological polar surface area (TPSA) is 55.1 Å². The molecule has 0 radical (unpaired) electrons. The lowest BCUT2D eigenvalue weighted by atomic mass is 9.99. The number of carbonyl (C=O) groups excluding carboxylic acids is 1. The van der Waals surface area contributed by atoms with Crippen LogP contribution >= 0.6 is 28.3 Å². The molecular weight excluding hydrogens is 328 g/mol. The van der Waals surface area contributed by atoms with Gasteiger partial charge in [-0.15, -0.1) is 12.4 Å². The SMILES string of the molecule is CCC(C)C(N)C(=O)NCc1ccc(Br)cc1C.Cl. The molecule has 0 bridgehead atoms. The van der Waals surface area contributed by atoms with Crippen molar-refractivity contribution in [3.63, 3.8) is 0 Å².